The van der Waals surface area contributed by atoms with Gasteiger partial charge in [-0.15, -0.1) is 11.3 Å². The second kappa shape index (κ2) is 6.31. The number of halogens is 1. The van der Waals surface area contributed by atoms with Crippen LogP contribution < -0.4 is 11.1 Å². The van der Waals surface area contributed by atoms with Crippen molar-refractivity contribution in [2.45, 2.75) is 12.6 Å². The quantitative estimate of drug-likeness (QED) is 0.889. The van der Waals surface area contributed by atoms with Gasteiger partial charge in [0.05, 0.1) is 9.83 Å². The molecule has 2 aromatic rings. The number of nitrogens with one attached hydrogen (secondary N) is 1. The molecule has 1 aromatic carbocycles. The fourth-order valence-corrected chi connectivity index (χ4v) is 3.16. The van der Waals surface area contributed by atoms with E-state index in [1.807, 2.05) is 6.07 Å². The van der Waals surface area contributed by atoms with Gasteiger partial charge in [-0.2, -0.15) is 0 Å². The van der Waals surface area contributed by atoms with Gasteiger partial charge in [-0.3, -0.25) is 0 Å². The minimum atomic E-state index is 0.228. The molecule has 90 valence electrons. The van der Waals surface area contributed by atoms with E-state index >= 15 is 0 Å². The molecular formula is C13H15BrN2S. The van der Waals surface area contributed by atoms with E-state index in [2.05, 4.69) is 57.6 Å². The maximum atomic E-state index is 5.81. The van der Waals surface area contributed by atoms with Crippen molar-refractivity contribution in [2.24, 2.45) is 5.73 Å². The van der Waals surface area contributed by atoms with E-state index in [-0.39, 0.29) is 6.04 Å². The van der Waals surface area contributed by atoms with E-state index in [1.54, 1.807) is 11.3 Å². The predicted octanol–water partition coefficient (Wildman–Crippen LogP) is 3.30. The van der Waals surface area contributed by atoms with Crippen LogP contribution in [0.5, 0.6) is 0 Å². The van der Waals surface area contributed by atoms with Crippen molar-refractivity contribution < 1.29 is 0 Å². The molecule has 2 nitrogen and oxygen atoms in total. The van der Waals surface area contributed by atoms with Crippen LogP contribution >= 0.6 is 27.3 Å². The molecule has 1 heterocycles. The molecule has 3 N–H and O–H groups in total. The van der Waals surface area contributed by atoms with Gasteiger partial charge in [-0.05, 0) is 33.6 Å². The van der Waals surface area contributed by atoms with E-state index < -0.39 is 0 Å². The van der Waals surface area contributed by atoms with Gasteiger partial charge in [0.15, 0.2) is 0 Å². The molecule has 1 atom stereocenters. The number of thiophene rings is 1. The van der Waals surface area contributed by atoms with Crippen LogP contribution in [0.25, 0.3) is 0 Å². The first-order chi connectivity index (χ1) is 8.29. The summed E-state index contributed by atoms with van der Waals surface area (Å²) in [5.74, 6) is 0. The molecule has 1 aromatic heterocycles. The van der Waals surface area contributed by atoms with E-state index in [9.17, 15) is 0 Å². The second-order valence-electron chi connectivity index (χ2n) is 3.80. The summed E-state index contributed by atoms with van der Waals surface area (Å²) < 4.78 is 1.15. The summed E-state index contributed by atoms with van der Waals surface area (Å²) in [6.07, 6.45) is 0. The lowest BCUT2D eigenvalue weighted by Crippen LogP contribution is -2.27. The molecule has 0 saturated heterocycles. The number of benzene rings is 1. The highest BCUT2D eigenvalue weighted by atomic mass is 79.9. The zero-order chi connectivity index (χ0) is 12.1. The van der Waals surface area contributed by atoms with Crippen molar-refractivity contribution in [3.63, 3.8) is 0 Å². The Morgan fingerprint density at radius 2 is 1.94 bits per heavy atom. The maximum absolute atomic E-state index is 5.81. The molecule has 2 rings (SSSR count). The number of nitrogens with two attached hydrogens (primary N) is 1. The summed E-state index contributed by atoms with van der Waals surface area (Å²) in [6.45, 7) is 1.46. The van der Waals surface area contributed by atoms with Crippen LogP contribution in [-0.2, 0) is 6.54 Å². The Hall–Kier alpha value is -0.680. The van der Waals surface area contributed by atoms with Gasteiger partial charge in [-0.1, -0.05) is 30.3 Å². The Balaban J connectivity index is 1.97. The van der Waals surface area contributed by atoms with Crippen molar-refractivity contribution in [1.82, 2.24) is 5.32 Å². The summed E-state index contributed by atoms with van der Waals surface area (Å²) in [6, 6.07) is 14.8. The monoisotopic (exact) mass is 310 g/mol. The van der Waals surface area contributed by atoms with Crippen LogP contribution in [0.2, 0.25) is 0 Å². The normalized spacial score (nSPS) is 12.6. The van der Waals surface area contributed by atoms with E-state index in [4.69, 9.17) is 5.73 Å². The summed E-state index contributed by atoms with van der Waals surface area (Å²) in [5.41, 5.74) is 7.09. The lowest BCUT2D eigenvalue weighted by molar-refractivity contribution is 0.549. The molecular weight excluding hydrogens is 296 g/mol. The number of hydrogen-bond donors (Lipinski definition) is 2. The maximum Gasteiger partial charge on any atom is 0.0702 e. The van der Waals surface area contributed by atoms with Crippen LogP contribution in [0.3, 0.4) is 0 Å². The Morgan fingerprint density at radius 3 is 2.53 bits per heavy atom. The molecule has 0 bridgehead atoms. The Labute approximate surface area is 114 Å². The SMILES string of the molecule is NCC(NCc1ccccc1)c1ccc(Br)s1. The third kappa shape index (κ3) is 3.64. The van der Waals surface area contributed by atoms with Gasteiger partial charge in [0.1, 0.15) is 0 Å². The van der Waals surface area contributed by atoms with Crippen molar-refractivity contribution in [3.05, 3.63) is 56.7 Å². The molecule has 0 fully saturated rings. The van der Waals surface area contributed by atoms with Gasteiger partial charge in [0.25, 0.3) is 0 Å². The zero-order valence-electron chi connectivity index (χ0n) is 9.40. The fraction of sp³-hybridized carbons (Fsp3) is 0.231. The minimum absolute atomic E-state index is 0.228. The molecule has 0 aliphatic rings. The third-order valence-corrected chi connectivity index (χ3v) is 4.31. The van der Waals surface area contributed by atoms with Gasteiger partial charge >= 0.3 is 0 Å². The largest absolute Gasteiger partial charge is 0.329 e. The highest BCUT2D eigenvalue weighted by Gasteiger charge is 2.10. The van der Waals surface area contributed by atoms with E-state index in [0.29, 0.717) is 6.54 Å². The summed E-state index contributed by atoms with van der Waals surface area (Å²) >= 11 is 5.21. The van der Waals surface area contributed by atoms with Crippen LogP contribution in [-0.4, -0.2) is 6.54 Å². The first-order valence-electron chi connectivity index (χ1n) is 5.52. The third-order valence-electron chi connectivity index (χ3n) is 2.57. The van der Waals surface area contributed by atoms with E-state index in [1.165, 1.54) is 10.4 Å². The standard InChI is InChI=1S/C13H15BrN2S/c14-13-7-6-12(17-13)11(8-15)16-9-10-4-2-1-3-5-10/h1-7,11,16H,8-9,15H2. The zero-order valence-corrected chi connectivity index (χ0v) is 11.8. The van der Waals surface area contributed by atoms with Crippen molar-refractivity contribution in [2.75, 3.05) is 6.54 Å². The average Bonchev–Trinajstić information content (AvgIpc) is 2.78. The molecule has 0 saturated carbocycles. The van der Waals surface area contributed by atoms with Crippen molar-refractivity contribution in [3.8, 4) is 0 Å². The van der Waals surface area contributed by atoms with Gasteiger partial charge in [0.2, 0.25) is 0 Å². The average molecular weight is 311 g/mol. The Morgan fingerprint density at radius 1 is 1.18 bits per heavy atom. The number of hydrogen-bond acceptors (Lipinski definition) is 3. The van der Waals surface area contributed by atoms with Crippen LogP contribution in [0, 0.1) is 0 Å². The van der Waals surface area contributed by atoms with Gasteiger partial charge < -0.3 is 11.1 Å². The van der Waals surface area contributed by atoms with Gasteiger partial charge in [-0.25, -0.2) is 0 Å². The Bertz CT molecular complexity index is 455. The number of rotatable bonds is 5. The molecule has 0 aliphatic carbocycles. The minimum Gasteiger partial charge on any atom is -0.329 e. The molecule has 4 heteroatoms. The lowest BCUT2D eigenvalue weighted by atomic mass is 10.2. The van der Waals surface area contributed by atoms with Crippen LogP contribution in [0.1, 0.15) is 16.5 Å². The molecule has 0 spiro atoms. The predicted molar refractivity (Wildman–Crippen MR) is 77.1 cm³/mol. The van der Waals surface area contributed by atoms with Crippen LogP contribution in [0.4, 0.5) is 0 Å². The smallest absolute Gasteiger partial charge is 0.0702 e. The molecule has 0 aliphatic heterocycles. The highest BCUT2D eigenvalue weighted by molar-refractivity contribution is 9.11. The Kier molecular flexibility index (Phi) is 4.74. The van der Waals surface area contributed by atoms with Gasteiger partial charge in [0, 0.05) is 18.0 Å². The topological polar surface area (TPSA) is 38.0 Å². The first kappa shape index (κ1) is 12.8. The summed E-state index contributed by atoms with van der Waals surface area (Å²) in [5, 5.41) is 3.48. The summed E-state index contributed by atoms with van der Waals surface area (Å²) in [4.78, 5) is 1.27. The molecule has 17 heavy (non-hydrogen) atoms. The second-order valence-corrected chi connectivity index (χ2v) is 6.29. The van der Waals surface area contributed by atoms with Crippen molar-refractivity contribution >= 4 is 27.3 Å². The first-order valence-corrected chi connectivity index (χ1v) is 7.13. The molecule has 0 radical (unpaired) electrons. The van der Waals surface area contributed by atoms with E-state index in [0.717, 1.165) is 10.3 Å². The fourth-order valence-electron chi connectivity index (χ4n) is 1.65. The molecule has 0 amide bonds. The van der Waals surface area contributed by atoms with Crippen LogP contribution in [0.15, 0.2) is 46.3 Å². The molecule has 1 unspecified atom stereocenters. The lowest BCUT2D eigenvalue weighted by Gasteiger charge is -2.15. The highest BCUT2D eigenvalue weighted by Crippen LogP contribution is 2.27. The van der Waals surface area contributed by atoms with Crippen molar-refractivity contribution in [1.29, 1.82) is 0 Å². The summed E-state index contributed by atoms with van der Waals surface area (Å²) in [7, 11) is 0.